The van der Waals surface area contributed by atoms with Gasteiger partial charge < -0.3 is 5.32 Å². The van der Waals surface area contributed by atoms with Crippen LogP contribution in [0.5, 0.6) is 0 Å². The third-order valence-corrected chi connectivity index (χ3v) is 3.21. The number of benzene rings is 1. The first kappa shape index (κ1) is 13.3. The molecule has 0 spiro atoms. The Hall–Kier alpha value is -1.17. The minimum absolute atomic E-state index is 0.0723. The number of piperidine rings is 1. The molecule has 0 bridgehead atoms. The third kappa shape index (κ3) is 2.80. The van der Waals surface area contributed by atoms with E-state index >= 15 is 0 Å². The predicted octanol–water partition coefficient (Wildman–Crippen LogP) is 3.57. The Morgan fingerprint density at radius 2 is 1.83 bits per heavy atom. The Kier molecular flexibility index (Phi) is 3.56. The molecule has 1 aromatic rings. The highest BCUT2D eigenvalue weighted by Crippen LogP contribution is 2.36. The second kappa shape index (κ2) is 4.84. The maximum absolute atomic E-state index is 13.5. The van der Waals surface area contributed by atoms with E-state index in [1.165, 1.54) is 0 Å². The fourth-order valence-corrected chi connectivity index (χ4v) is 2.18. The molecule has 100 valence electrons. The van der Waals surface area contributed by atoms with E-state index in [-0.39, 0.29) is 24.9 Å². The van der Waals surface area contributed by atoms with Crippen LogP contribution >= 0.6 is 0 Å². The summed E-state index contributed by atoms with van der Waals surface area (Å²) in [5.41, 5.74) is 0.0932. The molecule has 2 atom stereocenters. The van der Waals surface area contributed by atoms with E-state index in [4.69, 9.17) is 0 Å². The monoisotopic (exact) mass is 265 g/mol. The summed E-state index contributed by atoms with van der Waals surface area (Å²) in [5, 5.41) is 2.63. The van der Waals surface area contributed by atoms with Crippen molar-refractivity contribution < 1.29 is 22.0 Å². The minimum Gasteiger partial charge on any atom is -0.309 e. The largest absolute Gasteiger partial charge is 0.393 e. The fourth-order valence-electron chi connectivity index (χ4n) is 2.18. The lowest BCUT2D eigenvalue weighted by atomic mass is 9.90. The minimum atomic E-state index is -4.24. The van der Waals surface area contributed by atoms with Gasteiger partial charge in [0.1, 0.15) is 11.6 Å². The molecule has 1 nitrogen and oxygen atoms in total. The van der Waals surface area contributed by atoms with Gasteiger partial charge in [0.15, 0.2) is 0 Å². The van der Waals surface area contributed by atoms with Crippen LogP contribution in [0.2, 0.25) is 0 Å². The molecule has 1 aliphatic rings. The third-order valence-electron chi connectivity index (χ3n) is 3.21. The average molecular weight is 265 g/mol. The molecular formula is C12H12F5N. The predicted molar refractivity (Wildman–Crippen MR) is 55.9 cm³/mol. The van der Waals surface area contributed by atoms with Crippen molar-refractivity contribution in [2.75, 3.05) is 6.54 Å². The standard InChI is InChI=1S/C12H12F5N/c13-8-2-3-10(14)9(5-8)11-4-1-7(6-18-11)12(15,16)17/h2-3,5,7,11,18H,1,4,6H2. The number of rotatable bonds is 1. The Morgan fingerprint density at radius 3 is 2.39 bits per heavy atom. The van der Waals surface area contributed by atoms with Crippen molar-refractivity contribution in [1.82, 2.24) is 5.32 Å². The molecule has 1 fully saturated rings. The Labute approximate surface area is 101 Å². The van der Waals surface area contributed by atoms with E-state index in [1.54, 1.807) is 0 Å². The van der Waals surface area contributed by atoms with Crippen LogP contribution < -0.4 is 5.32 Å². The van der Waals surface area contributed by atoms with Gasteiger partial charge in [-0.2, -0.15) is 13.2 Å². The topological polar surface area (TPSA) is 12.0 Å². The van der Waals surface area contributed by atoms with E-state index in [9.17, 15) is 22.0 Å². The van der Waals surface area contributed by atoms with Crippen molar-refractivity contribution in [3.05, 3.63) is 35.4 Å². The molecular weight excluding hydrogens is 253 g/mol. The molecule has 1 aliphatic heterocycles. The molecule has 1 heterocycles. The van der Waals surface area contributed by atoms with E-state index in [2.05, 4.69) is 5.32 Å². The van der Waals surface area contributed by atoms with Crippen molar-refractivity contribution in [2.24, 2.45) is 5.92 Å². The van der Waals surface area contributed by atoms with Gasteiger partial charge >= 0.3 is 6.18 Å². The van der Waals surface area contributed by atoms with Crippen LogP contribution in [0.25, 0.3) is 0 Å². The lowest BCUT2D eigenvalue weighted by Crippen LogP contribution is -2.40. The van der Waals surface area contributed by atoms with E-state index in [1.807, 2.05) is 0 Å². The highest BCUT2D eigenvalue weighted by molar-refractivity contribution is 5.22. The lowest BCUT2D eigenvalue weighted by Gasteiger charge is -2.31. The molecule has 2 unspecified atom stereocenters. The van der Waals surface area contributed by atoms with E-state index in [0.29, 0.717) is 0 Å². The maximum Gasteiger partial charge on any atom is 0.393 e. The SMILES string of the molecule is Fc1ccc(F)c(C2CCC(C(F)(F)F)CN2)c1. The summed E-state index contributed by atoms with van der Waals surface area (Å²) in [5.74, 6) is -2.60. The first-order valence-corrected chi connectivity index (χ1v) is 5.63. The maximum atomic E-state index is 13.5. The van der Waals surface area contributed by atoms with Gasteiger partial charge in [0, 0.05) is 18.2 Å². The van der Waals surface area contributed by atoms with Crippen molar-refractivity contribution in [1.29, 1.82) is 0 Å². The lowest BCUT2D eigenvalue weighted by molar-refractivity contribution is -0.179. The zero-order valence-electron chi connectivity index (χ0n) is 9.40. The van der Waals surface area contributed by atoms with Crippen molar-refractivity contribution in [2.45, 2.75) is 25.1 Å². The Balaban J connectivity index is 2.08. The summed E-state index contributed by atoms with van der Waals surface area (Å²) in [6, 6.07) is 2.45. The van der Waals surface area contributed by atoms with Crippen LogP contribution in [0, 0.1) is 17.6 Å². The van der Waals surface area contributed by atoms with Crippen LogP contribution in [0.15, 0.2) is 18.2 Å². The quantitative estimate of drug-likeness (QED) is 0.765. The van der Waals surface area contributed by atoms with Crippen LogP contribution in [-0.4, -0.2) is 12.7 Å². The van der Waals surface area contributed by atoms with Gasteiger partial charge in [0.05, 0.1) is 5.92 Å². The highest BCUT2D eigenvalue weighted by atomic mass is 19.4. The molecule has 0 aliphatic carbocycles. The van der Waals surface area contributed by atoms with Crippen LogP contribution in [0.1, 0.15) is 24.4 Å². The van der Waals surface area contributed by atoms with Crippen LogP contribution in [-0.2, 0) is 0 Å². The van der Waals surface area contributed by atoms with Gasteiger partial charge in [0.2, 0.25) is 0 Å². The molecule has 0 radical (unpaired) electrons. The number of halogens is 5. The zero-order valence-corrected chi connectivity index (χ0v) is 9.40. The summed E-state index contributed by atoms with van der Waals surface area (Å²) in [4.78, 5) is 0. The molecule has 1 saturated heterocycles. The van der Waals surface area contributed by atoms with Crippen molar-refractivity contribution in [3.8, 4) is 0 Å². The fraction of sp³-hybridized carbons (Fsp3) is 0.500. The van der Waals surface area contributed by atoms with Gasteiger partial charge in [-0.3, -0.25) is 0 Å². The molecule has 1 aromatic carbocycles. The van der Waals surface area contributed by atoms with Crippen LogP contribution in [0.3, 0.4) is 0 Å². The molecule has 0 amide bonds. The Morgan fingerprint density at radius 1 is 1.11 bits per heavy atom. The average Bonchev–Trinajstić information content (AvgIpc) is 2.31. The van der Waals surface area contributed by atoms with Gasteiger partial charge in [-0.05, 0) is 31.0 Å². The summed E-state index contributed by atoms with van der Waals surface area (Å²) in [7, 11) is 0. The number of hydrogen-bond donors (Lipinski definition) is 1. The summed E-state index contributed by atoms with van der Waals surface area (Å²) >= 11 is 0. The normalized spacial score (nSPS) is 25.2. The molecule has 1 N–H and O–H groups in total. The van der Waals surface area contributed by atoms with Gasteiger partial charge in [-0.25, -0.2) is 8.78 Å². The molecule has 18 heavy (non-hydrogen) atoms. The highest BCUT2D eigenvalue weighted by Gasteiger charge is 2.41. The molecule has 0 aromatic heterocycles. The number of nitrogens with one attached hydrogen (secondary N) is 1. The first-order chi connectivity index (χ1) is 8.38. The molecule has 2 rings (SSSR count). The van der Waals surface area contributed by atoms with Gasteiger partial charge in [-0.15, -0.1) is 0 Å². The van der Waals surface area contributed by atoms with E-state index in [0.717, 1.165) is 18.2 Å². The Bertz CT molecular complexity index is 421. The summed E-state index contributed by atoms with van der Waals surface area (Å²) < 4.78 is 63.8. The molecule has 0 saturated carbocycles. The second-order valence-electron chi connectivity index (χ2n) is 4.44. The summed E-state index contributed by atoms with van der Waals surface area (Å²) in [6.45, 7) is -0.260. The zero-order chi connectivity index (χ0) is 13.3. The smallest absolute Gasteiger partial charge is 0.309 e. The van der Waals surface area contributed by atoms with Crippen molar-refractivity contribution >= 4 is 0 Å². The number of alkyl halides is 3. The second-order valence-corrected chi connectivity index (χ2v) is 4.44. The molecule has 6 heteroatoms. The van der Waals surface area contributed by atoms with Crippen molar-refractivity contribution in [3.63, 3.8) is 0 Å². The van der Waals surface area contributed by atoms with Gasteiger partial charge in [0.25, 0.3) is 0 Å². The van der Waals surface area contributed by atoms with Crippen LogP contribution in [0.4, 0.5) is 22.0 Å². The summed E-state index contributed by atoms with van der Waals surface area (Å²) in [6.07, 6.45) is -4.17. The number of hydrogen-bond acceptors (Lipinski definition) is 1. The van der Waals surface area contributed by atoms with Gasteiger partial charge in [-0.1, -0.05) is 0 Å². The van der Waals surface area contributed by atoms with E-state index < -0.39 is 29.8 Å². The first-order valence-electron chi connectivity index (χ1n) is 5.63.